The molecule has 1 saturated heterocycles. The van der Waals surface area contributed by atoms with Crippen LogP contribution in [0.3, 0.4) is 0 Å². The van der Waals surface area contributed by atoms with Crippen molar-refractivity contribution in [3.8, 4) is 5.75 Å². The Morgan fingerprint density at radius 1 is 1.27 bits per heavy atom. The molecule has 3 aromatic rings. The molecule has 1 fully saturated rings. The van der Waals surface area contributed by atoms with Crippen LogP contribution in [0.1, 0.15) is 58.0 Å². The second-order valence-electron chi connectivity index (χ2n) is 9.28. The minimum atomic E-state index is -0.552. The van der Waals surface area contributed by atoms with Gasteiger partial charge in [-0.25, -0.2) is 14.5 Å². The Kier molecular flexibility index (Phi) is 6.40. The molecule has 1 amide bonds. The molecule has 176 valence electrons. The number of fused-ring (bicyclic) bond motifs is 1. The fraction of sp³-hybridized carbons (Fsp3) is 0.500. The van der Waals surface area contributed by atoms with Crippen LogP contribution in [0.25, 0.3) is 11.0 Å². The molecule has 1 aliphatic rings. The van der Waals surface area contributed by atoms with E-state index in [-0.39, 0.29) is 17.7 Å². The number of aromatic amines is 1. The first kappa shape index (κ1) is 22.8. The lowest BCUT2D eigenvalue weighted by molar-refractivity contribution is 0.0169. The highest BCUT2D eigenvalue weighted by molar-refractivity contribution is 5.73. The maximum atomic E-state index is 12.8. The Morgan fingerprint density at radius 2 is 2.06 bits per heavy atom. The molecule has 33 heavy (non-hydrogen) atoms. The van der Waals surface area contributed by atoms with Gasteiger partial charge >= 0.3 is 6.09 Å². The SMILES string of the molecule is CCOc1ccccc1Cc1nc2c(cnn2C2CCCN(C(=O)OC(C)(C)C)C2)c(=O)[nH]1. The summed E-state index contributed by atoms with van der Waals surface area (Å²) in [4.78, 5) is 34.7. The minimum absolute atomic E-state index is 0.0818. The average Bonchev–Trinajstić information content (AvgIpc) is 3.19. The molecule has 4 rings (SSSR count). The summed E-state index contributed by atoms with van der Waals surface area (Å²) in [6.07, 6.45) is 3.31. The van der Waals surface area contributed by atoms with Crippen molar-refractivity contribution >= 4 is 17.1 Å². The van der Waals surface area contributed by atoms with E-state index in [2.05, 4.69) is 10.1 Å². The van der Waals surface area contributed by atoms with Crippen molar-refractivity contribution in [3.63, 3.8) is 0 Å². The molecule has 0 spiro atoms. The molecule has 0 saturated carbocycles. The monoisotopic (exact) mass is 453 g/mol. The van der Waals surface area contributed by atoms with Gasteiger partial charge in [0.25, 0.3) is 5.56 Å². The van der Waals surface area contributed by atoms with Crippen molar-refractivity contribution in [3.05, 3.63) is 52.2 Å². The fourth-order valence-corrected chi connectivity index (χ4v) is 4.11. The molecule has 1 aliphatic heterocycles. The number of nitrogens with one attached hydrogen (secondary N) is 1. The number of hydrogen-bond acceptors (Lipinski definition) is 6. The first-order valence-electron chi connectivity index (χ1n) is 11.4. The lowest BCUT2D eigenvalue weighted by Crippen LogP contribution is -2.43. The van der Waals surface area contributed by atoms with Crippen LogP contribution in [0.2, 0.25) is 0 Å². The van der Waals surface area contributed by atoms with Crippen LogP contribution in [0, 0.1) is 0 Å². The number of rotatable bonds is 5. The first-order chi connectivity index (χ1) is 15.7. The highest BCUT2D eigenvalue weighted by atomic mass is 16.6. The summed E-state index contributed by atoms with van der Waals surface area (Å²) in [7, 11) is 0. The molecule has 0 aliphatic carbocycles. The maximum absolute atomic E-state index is 12.8. The summed E-state index contributed by atoms with van der Waals surface area (Å²) in [5.41, 5.74) is 0.694. The van der Waals surface area contributed by atoms with Gasteiger partial charge in [0.1, 0.15) is 22.6 Å². The van der Waals surface area contributed by atoms with Crippen LogP contribution in [0.5, 0.6) is 5.75 Å². The lowest BCUT2D eigenvalue weighted by atomic mass is 10.1. The average molecular weight is 454 g/mol. The summed E-state index contributed by atoms with van der Waals surface area (Å²) in [5, 5.41) is 4.91. The highest BCUT2D eigenvalue weighted by Crippen LogP contribution is 2.26. The first-order valence-corrected chi connectivity index (χ1v) is 11.4. The third kappa shape index (κ3) is 5.18. The predicted molar refractivity (Wildman–Crippen MR) is 125 cm³/mol. The van der Waals surface area contributed by atoms with Gasteiger partial charge in [0.2, 0.25) is 0 Å². The molecule has 2 aromatic heterocycles. The Bertz CT molecular complexity index is 1190. The number of amides is 1. The van der Waals surface area contributed by atoms with Gasteiger partial charge in [-0.05, 0) is 46.6 Å². The summed E-state index contributed by atoms with van der Waals surface area (Å²) in [6, 6.07) is 7.65. The Hall–Kier alpha value is -3.36. The maximum Gasteiger partial charge on any atom is 0.410 e. The van der Waals surface area contributed by atoms with Gasteiger partial charge in [-0.1, -0.05) is 18.2 Å². The third-order valence-electron chi connectivity index (χ3n) is 5.54. The molecule has 9 nitrogen and oxygen atoms in total. The number of aromatic nitrogens is 4. The van der Waals surface area contributed by atoms with Crippen LogP contribution < -0.4 is 10.3 Å². The number of carbonyl (C=O) groups excluding carboxylic acids is 1. The number of piperidine rings is 1. The molecule has 9 heteroatoms. The lowest BCUT2D eigenvalue weighted by Gasteiger charge is -2.34. The zero-order valence-corrected chi connectivity index (χ0v) is 19.6. The number of nitrogens with zero attached hydrogens (tertiary/aromatic N) is 4. The summed E-state index contributed by atoms with van der Waals surface area (Å²) in [6.45, 7) is 9.16. The quantitative estimate of drug-likeness (QED) is 0.632. The molecule has 0 bridgehead atoms. The number of H-pyrrole nitrogens is 1. The largest absolute Gasteiger partial charge is 0.494 e. The molecule has 1 atom stereocenters. The number of benzene rings is 1. The number of ether oxygens (including phenoxy) is 2. The van der Waals surface area contributed by atoms with Gasteiger partial charge in [0, 0.05) is 25.1 Å². The van der Waals surface area contributed by atoms with Crippen molar-refractivity contribution in [2.45, 2.75) is 58.6 Å². The second kappa shape index (κ2) is 9.25. The Balaban J connectivity index is 1.61. The number of hydrogen-bond donors (Lipinski definition) is 1. The van der Waals surface area contributed by atoms with E-state index >= 15 is 0 Å². The molecule has 1 N–H and O–H groups in total. The number of likely N-dealkylation sites (tertiary alicyclic amines) is 1. The van der Waals surface area contributed by atoms with Gasteiger partial charge in [0.05, 0.1) is 18.8 Å². The Labute approximate surface area is 192 Å². The zero-order chi connectivity index (χ0) is 23.6. The van der Waals surface area contributed by atoms with Gasteiger partial charge in [-0.2, -0.15) is 5.10 Å². The minimum Gasteiger partial charge on any atom is -0.494 e. The van der Waals surface area contributed by atoms with Gasteiger partial charge in [-0.15, -0.1) is 0 Å². The third-order valence-corrected chi connectivity index (χ3v) is 5.54. The molecule has 1 aromatic carbocycles. The standard InChI is InChI=1S/C24H31N5O4/c1-5-32-19-11-7-6-9-16(19)13-20-26-21-18(22(30)27-20)14-25-29(21)17-10-8-12-28(15-17)23(31)33-24(2,3)4/h6-7,9,11,14,17H,5,8,10,12-13,15H2,1-4H3,(H,26,27,30). The van der Waals surface area contributed by atoms with E-state index in [1.807, 2.05) is 52.0 Å². The molecule has 0 radical (unpaired) electrons. The van der Waals surface area contributed by atoms with E-state index in [1.54, 1.807) is 15.8 Å². The van der Waals surface area contributed by atoms with Gasteiger partial charge in [-0.3, -0.25) is 4.79 Å². The van der Waals surface area contributed by atoms with E-state index in [0.717, 1.165) is 24.2 Å². The summed E-state index contributed by atoms with van der Waals surface area (Å²) in [5.74, 6) is 1.32. The van der Waals surface area contributed by atoms with Crippen LogP contribution >= 0.6 is 0 Å². The molecular weight excluding hydrogens is 422 g/mol. The normalized spacial score (nSPS) is 16.7. The van der Waals surface area contributed by atoms with E-state index in [1.165, 1.54) is 0 Å². The van der Waals surface area contributed by atoms with Crippen LogP contribution in [0.4, 0.5) is 4.79 Å². The van der Waals surface area contributed by atoms with E-state index in [4.69, 9.17) is 14.5 Å². The van der Waals surface area contributed by atoms with Gasteiger partial charge in [0.15, 0.2) is 5.65 Å². The van der Waals surface area contributed by atoms with E-state index < -0.39 is 5.60 Å². The number of para-hydroxylation sites is 1. The van der Waals surface area contributed by atoms with Crippen molar-refractivity contribution in [1.82, 2.24) is 24.6 Å². The smallest absolute Gasteiger partial charge is 0.410 e. The van der Waals surface area contributed by atoms with Crippen LogP contribution in [0.15, 0.2) is 35.3 Å². The fourth-order valence-electron chi connectivity index (χ4n) is 4.11. The van der Waals surface area contributed by atoms with E-state index in [9.17, 15) is 9.59 Å². The second-order valence-corrected chi connectivity index (χ2v) is 9.28. The highest BCUT2D eigenvalue weighted by Gasteiger charge is 2.30. The van der Waals surface area contributed by atoms with Crippen molar-refractivity contribution in [2.75, 3.05) is 19.7 Å². The molecular formula is C24H31N5O4. The summed E-state index contributed by atoms with van der Waals surface area (Å²) < 4.78 is 13.0. The van der Waals surface area contributed by atoms with Crippen molar-refractivity contribution in [2.24, 2.45) is 0 Å². The van der Waals surface area contributed by atoms with Crippen molar-refractivity contribution < 1.29 is 14.3 Å². The number of carbonyl (C=O) groups is 1. The zero-order valence-electron chi connectivity index (χ0n) is 19.6. The van der Waals surface area contributed by atoms with Crippen LogP contribution in [-0.4, -0.2) is 56.0 Å². The predicted octanol–water partition coefficient (Wildman–Crippen LogP) is 3.68. The van der Waals surface area contributed by atoms with Crippen molar-refractivity contribution in [1.29, 1.82) is 0 Å². The summed E-state index contributed by atoms with van der Waals surface area (Å²) >= 11 is 0. The topological polar surface area (TPSA) is 102 Å². The van der Waals surface area contributed by atoms with Gasteiger partial charge < -0.3 is 19.4 Å². The van der Waals surface area contributed by atoms with E-state index in [0.29, 0.717) is 43.0 Å². The molecule has 3 heterocycles. The molecule has 1 unspecified atom stereocenters. The van der Waals surface area contributed by atoms with Crippen LogP contribution in [-0.2, 0) is 11.2 Å². The Morgan fingerprint density at radius 3 is 2.82 bits per heavy atom.